The van der Waals surface area contributed by atoms with E-state index >= 15 is 0 Å². The van der Waals surface area contributed by atoms with Crippen LogP contribution in [0.5, 0.6) is 0 Å². The Morgan fingerprint density at radius 2 is 1.80 bits per heavy atom. The summed E-state index contributed by atoms with van der Waals surface area (Å²) in [6, 6.07) is 15.2. The van der Waals surface area contributed by atoms with Crippen LogP contribution >= 0.6 is 11.3 Å². The molecule has 3 aliphatic rings. The first-order valence-corrected chi connectivity index (χ1v) is 17.2. The quantitative estimate of drug-likeness (QED) is 0.235. The van der Waals surface area contributed by atoms with Gasteiger partial charge in [-0.2, -0.15) is 0 Å². The molecule has 8 heteroatoms. The van der Waals surface area contributed by atoms with Crippen LogP contribution < -0.4 is 10.6 Å². The summed E-state index contributed by atoms with van der Waals surface area (Å²) in [4.78, 5) is 7.02. The fourth-order valence-corrected chi connectivity index (χ4v) is 9.34. The molecule has 2 aliphatic carbocycles. The second-order valence-electron chi connectivity index (χ2n) is 11.4. The van der Waals surface area contributed by atoms with Crippen LogP contribution in [0.1, 0.15) is 73.9 Å². The van der Waals surface area contributed by atoms with Crippen molar-refractivity contribution < 1.29 is 13.2 Å². The van der Waals surface area contributed by atoms with Crippen molar-refractivity contribution in [3.63, 3.8) is 0 Å². The highest BCUT2D eigenvalue weighted by Crippen LogP contribution is 2.51. The third-order valence-corrected chi connectivity index (χ3v) is 12.4. The van der Waals surface area contributed by atoms with E-state index in [1.165, 1.54) is 16.9 Å². The van der Waals surface area contributed by atoms with Gasteiger partial charge < -0.3 is 15.4 Å². The zero-order valence-electron chi connectivity index (χ0n) is 24.0. The molecule has 216 valence electrons. The van der Waals surface area contributed by atoms with E-state index in [0.29, 0.717) is 36.5 Å². The molecule has 41 heavy (non-hydrogen) atoms. The van der Waals surface area contributed by atoms with E-state index in [0.717, 1.165) is 65.4 Å². The lowest BCUT2D eigenvalue weighted by Crippen LogP contribution is -2.43. The Bertz CT molecular complexity index is 1580. The minimum Gasteiger partial charge on any atom is -0.493 e. The van der Waals surface area contributed by atoms with E-state index in [2.05, 4.69) is 31.1 Å². The third kappa shape index (κ3) is 5.32. The number of amidine groups is 1. The Balaban J connectivity index is 1.38. The van der Waals surface area contributed by atoms with Crippen LogP contribution in [0.15, 0.2) is 65.0 Å². The van der Waals surface area contributed by atoms with Crippen LogP contribution in [0.3, 0.4) is 0 Å². The first-order valence-electron chi connectivity index (χ1n) is 14.9. The smallest absolute Gasteiger partial charge is 0.184 e. The number of ether oxygens (including phenoxy) is 1. The number of benzene rings is 2. The van der Waals surface area contributed by atoms with Crippen LogP contribution in [-0.4, -0.2) is 31.6 Å². The summed E-state index contributed by atoms with van der Waals surface area (Å²) >= 11 is 1.73. The minimum absolute atomic E-state index is 0.283. The molecule has 1 fully saturated rings. The molecule has 0 radical (unpaired) electrons. The lowest BCUT2D eigenvalue weighted by molar-refractivity contribution is 0.278. The maximum absolute atomic E-state index is 14.0. The number of anilines is 2. The van der Waals surface area contributed by atoms with Gasteiger partial charge in [-0.3, -0.25) is 0 Å². The maximum Gasteiger partial charge on any atom is 0.184 e. The number of aryl methyl sites for hydroxylation is 2. The average Bonchev–Trinajstić information content (AvgIpc) is 3.69. The van der Waals surface area contributed by atoms with Gasteiger partial charge in [0, 0.05) is 4.88 Å². The first kappa shape index (κ1) is 28.0. The van der Waals surface area contributed by atoms with Crippen LogP contribution in [0.2, 0.25) is 0 Å². The predicted molar refractivity (Wildman–Crippen MR) is 170 cm³/mol. The molecule has 1 saturated carbocycles. The molecule has 1 aliphatic heterocycles. The van der Waals surface area contributed by atoms with E-state index in [9.17, 15) is 8.42 Å². The molecular weight excluding hydrogens is 551 g/mol. The average molecular weight is 590 g/mol. The van der Waals surface area contributed by atoms with Crippen molar-refractivity contribution >= 4 is 49.1 Å². The lowest BCUT2D eigenvalue weighted by Gasteiger charge is -2.32. The van der Waals surface area contributed by atoms with E-state index in [4.69, 9.17) is 9.73 Å². The van der Waals surface area contributed by atoms with Crippen LogP contribution in [0.4, 0.5) is 16.4 Å². The van der Waals surface area contributed by atoms with E-state index in [-0.39, 0.29) is 6.04 Å². The lowest BCUT2D eigenvalue weighted by atomic mass is 9.95. The molecule has 0 amide bonds. The van der Waals surface area contributed by atoms with Gasteiger partial charge in [0.25, 0.3) is 0 Å². The van der Waals surface area contributed by atoms with Gasteiger partial charge >= 0.3 is 0 Å². The molecule has 1 aromatic heterocycles. The molecule has 1 unspecified atom stereocenters. The number of nitrogens with zero attached hydrogens (tertiary/aromatic N) is 1. The number of aliphatic imine (C=N–C) groups is 1. The molecule has 0 saturated heterocycles. The molecule has 6 rings (SSSR count). The number of rotatable bonds is 10. The molecule has 2 heterocycles. The van der Waals surface area contributed by atoms with Crippen molar-refractivity contribution in [3.8, 4) is 0 Å². The Kier molecular flexibility index (Phi) is 7.72. The van der Waals surface area contributed by atoms with E-state index < -0.39 is 14.6 Å². The summed E-state index contributed by atoms with van der Waals surface area (Å²) in [5, 5.41) is 8.11. The summed E-state index contributed by atoms with van der Waals surface area (Å²) in [5.41, 5.74) is 5.37. The van der Waals surface area contributed by atoms with Gasteiger partial charge in [-0.05, 0) is 93.2 Å². The van der Waals surface area contributed by atoms with Crippen molar-refractivity contribution in [2.24, 2.45) is 4.99 Å². The van der Waals surface area contributed by atoms with Crippen LogP contribution in [0, 0.1) is 0 Å². The van der Waals surface area contributed by atoms with Gasteiger partial charge in [0.05, 0.1) is 39.2 Å². The minimum atomic E-state index is -3.51. The molecule has 3 aromatic rings. The molecule has 1 atom stereocenters. The van der Waals surface area contributed by atoms with Gasteiger partial charge in [0.1, 0.15) is 16.6 Å². The monoisotopic (exact) mass is 589 g/mol. The number of para-hydroxylation sites is 2. The summed E-state index contributed by atoms with van der Waals surface area (Å²) in [6.45, 7) is 9.09. The number of nitrogens with one attached hydrogen (secondary N) is 2. The second-order valence-corrected chi connectivity index (χ2v) is 14.8. The van der Waals surface area contributed by atoms with Gasteiger partial charge in [-0.15, -0.1) is 11.3 Å². The number of sulfone groups is 1. The highest BCUT2D eigenvalue weighted by molar-refractivity contribution is 7.93. The Hall–Kier alpha value is -3.10. The van der Waals surface area contributed by atoms with Crippen molar-refractivity contribution in [3.05, 3.63) is 76.7 Å². The van der Waals surface area contributed by atoms with Crippen molar-refractivity contribution in [1.82, 2.24) is 0 Å². The molecule has 0 spiro atoms. The number of hydrogen-bond donors (Lipinski definition) is 2. The highest BCUT2D eigenvalue weighted by atomic mass is 32.2. The molecule has 2 aromatic carbocycles. The SMILES string of the molecule is C=C(OCCC)c1c(N=C2Nc3ccccc3NC2CC2(S(=O)(=O)c3ccc(CC)cc3)CC2)sc2c1CCCC2. The Morgan fingerprint density at radius 1 is 1.07 bits per heavy atom. The van der Waals surface area contributed by atoms with E-state index in [1.54, 1.807) is 23.5 Å². The fraction of sp³-hybridized carbons (Fsp3) is 0.424. The standard InChI is InChI=1S/C33H39N3O3S2/c1-4-20-39-22(3)30-25-10-6-9-13-29(25)40-32(30)36-31-28(34-26-11-7-8-12-27(26)35-31)21-33(18-19-33)41(37,38)24-16-14-23(5-2)15-17-24/h7-8,11-12,14-17,28,34H,3-6,9-10,13,18-21H2,1-2H3,(H,35,36). The Labute approximate surface area is 247 Å². The van der Waals surface area contributed by atoms with Crippen molar-refractivity contribution in [1.29, 1.82) is 0 Å². The number of thiophene rings is 1. The topological polar surface area (TPSA) is 79.8 Å². The largest absolute Gasteiger partial charge is 0.493 e. The summed E-state index contributed by atoms with van der Waals surface area (Å²) in [5.74, 6) is 1.43. The maximum atomic E-state index is 14.0. The van der Waals surface area contributed by atoms with Gasteiger partial charge in [0.2, 0.25) is 0 Å². The predicted octanol–water partition coefficient (Wildman–Crippen LogP) is 7.92. The van der Waals surface area contributed by atoms with Crippen molar-refractivity contribution in [2.45, 2.75) is 87.3 Å². The molecule has 0 bridgehead atoms. The van der Waals surface area contributed by atoms with Crippen molar-refractivity contribution in [2.75, 3.05) is 17.2 Å². The van der Waals surface area contributed by atoms with Crippen LogP contribution in [-0.2, 0) is 33.8 Å². The summed E-state index contributed by atoms with van der Waals surface area (Å²) < 4.78 is 33.2. The Morgan fingerprint density at radius 3 is 2.51 bits per heavy atom. The van der Waals surface area contributed by atoms with E-state index in [1.807, 2.05) is 36.4 Å². The van der Waals surface area contributed by atoms with Gasteiger partial charge in [0.15, 0.2) is 9.84 Å². The molecule has 6 nitrogen and oxygen atoms in total. The normalized spacial score (nSPS) is 20.0. The summed E-state index contributed by atoms with van der Waals surface area (Å²) in [6.07, 6.45) is 7.94. The second kappa shape index (κ2) is 11.3. The van der Waals surface area contributed by atoms with Gasteiger partial charge in [-0.25, -0.2) is 13.4 Å². The fourth-order valence-electron chi connectivity index (χ4n) is 6.03. The third-order valence-electron chi connectivity index (χ3n) is 8.58. The van der Waals surface area contributed by atoms with Gasteiger partial charge in [-0.1, -0.05) is 44.7 Å². The molecule has 2 N–H and O–H groups in total. The molecular formula is C33H39N3O3S2. The zero-order chi connectivity index (χ0) is 28.6. The van der Waals surface area contributed by atoms with Crippen LogP contribution in [0.25, 0.3) is 5.76 Å². The number of fused-ring (bicyclic) bond motifs is 2. The number of hydrogen-bond acceptors (Lipinski definition) is 6. The highest BCUT2D eigenvalue weighted by Gasteiger charge is 2.56. The zero-order valence-corrected chi connectivity index (χ0v) is 25.6. The first-order chi connectivity index (χ1) is 19.8. The summed E-state index contributed by atoms with van der Waals surface area (Å²) in [7, 11) is -3.51.